The van der Waals surface area contributed by atoms with E-state index in [0.29, 0.717) is 27.9 Å². The second-order valence-corrected chi connectivity index (χ2v) is 6.10. The zero-order valence-corrected chi connectivity index (χ0v) is 14.0. The molecule has 0 spiro atoms. The maximum Gasteiger partial charge on any atom is 0.397 e. The molecule has 1 aromatic carbocycles. The maximum atomic E-state index is 13.1. The fourth-order valence-electron chi connectivity index (χ4n) is 2.92. The molecular weight excluding hydrogens is 345 g/mol. The number of aromatic amines is 1. The molecule has 0 aliphatic rings. The van der Waals surface area contributed by atoms with E-state index in [0.717, 1.165) is 12.4 Å². The van der Waals surface area contributed by atoms with Gasteiger partial charge in [0.2, 0.25) is 0 Å². The van der Waals surface area contributed by atoms with Gasteiger partial charge in [-0.2, -0.15) is 23.4 Å². The van der Waals surface area contributed by atoms with E-state index < -0.39 is 12.1 Å². The number of fused-ring (bicyclic) bond motifs is 2. The molecule has 4 aromatic rings. The number of hydrogen-bond acceptors (Lipinski definition) is 4. The van der Waals surface area contributed by atoms with Crippen molar-refractivity contribution in [1.82, 2.24) is 25.0 Å². The summed E-state index contributed by atoms with van der Waals surface area (Å²) in [6.45, 7) is 1.12. The Labute approximate surface area is 146 Å². The van der Waals surface area contributed by atoms with Crippen molar-refractivity contribution in [1.29, 1.82) is 0 Å². The van der Waals surface area contributed by atoms with Crippen LogP contribution >= 0.6 is 0 Å². The Morgan fingerprint density at radius 3 is 2.81 bits per heavy atom. The van der Waals surface area contributed by atoms with Crippen LogP contribution in [0.15, 0.2) is 36.5 Å². The Bertz CT molecular complexity index is 1090. The SMILES string of the molecule is CC(c1nn(C)c2cc(Nc3n[nH]c4cccnc34)ccc12)C(F)(F)F. The van der Waals surface area contributed by atoms with Gasteiger partial charge in [0.1, 0.15) is 5.52 Å². The number of hydrogen-bond donors (Lipinski definition) is 2. The van der Waals surface area contributed by atoms with Crippen molar-refractivity contribution < 1.29 is 13.2 Å². The largest absolute Gasteiger partial charge is 0.397 e. The first-order valence-corrected chi connectivity index (χ1v) is 7.94. The summed E-state index contributed by atoms with van der Waals surface area (Å²) < 4.78 is 40.7. The topological polar surface area (TPSA) is 71.4 Å². The molecular formula is C17H15F3N6. The van der Waals surface area contributed by atoms with Gasteiger partial charge in [0.05, 0.1) is 22.6 Å². The molecule has 2 N–H and O–H groups in total. The molecule has 1 atom stereocenters. The van der Waals surface area contributed by atoms with Gasteiger partial charge in [0.15, 0.2) is 5.82 Å². The number of halogens is 3. The van der Waals surface area contributed by atoms with Gasteiger partial charge < -0.3 is 5.32 Å². The van der Waals surface area contributed by atoms with Crippen LogP contribution in [0.1, 0.15) is 18.5 Å². The van der Waals surface area contributed by atoms with Crippen LogP contribution in [0.25, 0.3) is 21.9 Å². The first kappa shape index (κ1) is 16.4. The predicted octanol–water partition coefficient (Wildman–Crippen LogP) is 4.25. The number of pyridine rings is 1. The van der Waals surface area contributed by atoms with Crippen molar-refractivity contribution >= 4 is 33.4 Å². The molecule has 1 unspecified atom stereocenters. The number of rotatable bonds is 3. The van der Waals surface area contributed by atoms with Crippen LogP contribution in [0, 0.1) is 0 Å². The summed E-state index contributed by atoms with van der Waals surface area (Å²) in [5.41, 5.74) is 2.79. The maximum absolute atomic E-state index is 13.1. The van der Waals surface area contributed by atoms with Crippen LogP contribution < -0.4 is 5.32 Å². The van der Waals surface area contributed by atoms with Crippen molar-refractivity contribution in [3.8, 4) is 0 Å². The average molecular weight is 360 g/mol. The highest BCUT2D eigenvalue weighted by atomic mass is 19.4. The zero-order chi connectivity index (χ0) is 18.5. The van der Waals surface area contributed by atoms with Gasteiger partial charge in [-0.05, 0) is 37.3 Å². The number of aryl methyl sites for hydroxylation is 1. The van der Waals surface area contributed by atoms with Crippen LogP contribution in [-0.4, -0.2) is 31.1 Å². The summed E-state index contributed by atoms with van der Waals surface area (Å²) in [5.74, 6) is -1.09. The first-order chi connectivity index (χ1) is 12.3. The second-order valence-electron chi connectivity index (χ2n) is 6.10. The fraction of sp³-hybridized carbons (Fsp3) is 0.235. The molecule has 0 saturated carbocycles. The van der Waals surface area contributed by atoms with Crippen LogP contribution in [0.3, 0.4) is 0 Å². The normalized spacial score (nSPS) is 13.4. The third kappa shape index (κ3) is 2.65. The molecule has 0 bridgehead atoms. The lowest BCUT2D eigenvalue weighted by molar-refractivity contribution is -0.146. The van der Waals surface area contributed by atoms with Gasteiger partial charge >= 0.3 is 6.18 Å². The van der Waals surface area contributed by atoms with E-state index in [-0.39, 0.29) is 5.69 Å². The van der Waals surface area contributed by atoms with E-state index in [9.17, 15) is 13.2 Å². The van der Waals surface area contributed by atoms with Gasteiger partial charge in [-0.25, -0.2) is 0 Å². The molecule has 6 nitrogen and oxygen atoms in total. The first-order valence-electron chi connectivity index (χ1n) is 7.94. The highest BCUT2D eigenvalue weighted by molar-refractivity contribution is 5.90. The Kier molecular flexibility index (Phi) is 3.60. The van der Waals surface area contributed by atoms with E-state index in [4.69, 9.17) is 0 Å². The molecule has 0 radical (unpaired) electrons. The molecule has 3 heterocycles. The molecule has 26 heavy (non-hydrogen) atoms. The Hall–Kier alpha value is -3.10. The van der Waals surface area contributed by atoms with E-state index in [1.54, 1.807) is 37.5 Å². The molecule has 0 saturated heterocycles. The van der Waals surface area contributed by atoms with Gasteiger partial charge in [0, 0.05) is 24.3 Å². The number of alkyl halides is 3. The highest BCUT2D eigenvalue weighted by Gasteiger charge is 2.39. The van der Waals surface area contributed by atoms with Crippen molar-refractivity contribution in [2.24, 2.45) is 7.05 Å². The van der Waals surface area contributed by atoms with Crippen molar-refractivity contribution in [3.05, 3.63) is 42.2 Å². The summed E-state index contributed by atoms with van der Waals surface area (Å²) in [7, 11) is 1.63. The van der Waals surface area contributed by atoms with Crippen LogP contribution in [0.2, 0.25) is 0 Å². The summed E-state index contributed by atoms with van der Waals surface area (Å²) >= 11 is 0. The minimum absolute atomic E-state index is 0.0217. The zero-order valence-electron chi connectivity index (χ0n) is 14.0. The molecule has 4 rings (SSSR count). The minimum Gasteiger partial charge on any atom is -0.337 e. The lowest BCUT2D eigenvalue weighted by Crippen LogP contribution is -2.18. The number of H-pyrrole nitrogens is 1. The standard InChI is InChI=1S/C17H15F3N6/c1-9(17(18,19)20)14-11-6-5-10(8-13(11)26(2)25-14)22-16-15-12(23-24-16)4-3-7-21-15/h3-9H,1-2H3,(H2,22,23,24). The molecule has 0 amide bonds. The van der Waals surface area contributed by atoms with Gasteiger partial charge in [0.25, 0.3) is 0 Å². The highest BCUT2D eigenvalue weighted by Crippen LogP contribution is 2.37. The van der Waals surface area contributed by atoms with E-state index >= 15 is 0 Å². The minimum atomic E-state index is -4.34. The van der Waals surface area contributed by atoms with Crippen LogP contribution in [0.5, 0.6) is 0 Å². The Morgan fingerprint density at radius 1 is 1.23 bits per heavy atom. The third-order valence-corrected chi connectivity index (χ3v) is 4.36. The second kappa shape index (κ2) is 5.72. The van der Waals surface area contributed by atoms with E-state index in [1.807, 2.05) is 6.07 Å². The van der Waals surface area contributed by atoms with E-state index in [2.05, 4.69) is 25.6 Å². The number of anilines is 2. The Balaban J connectivity index is 1.73. The summed E-state index contributed by atoms with van der Waals surface area (Å²) in [5, 5.41) is 14.8. The van der Waals surface area contributed by atoms with Gasteiger partial charge in [-0.15, -0.1) is 0 Å². The quantitative estimate of drug-likeness (QED) is 0.573. The lowest BCUT2D eigenvalue weighted by Gasteiger charge is -2.13. The van der Waals surface area contributed by atoms with Crippen LogP contribution in [-0.2, 0) is 7.05 Å². The number of nitrogens with zero attached hydrogens (tertiary/aromatic N) is 4. The summed E-state index contributed by atoms with van der Waals surface area (Å²) in [6, 6.07) is 8.76. The molecule has 0 aliphatic heterocycles. The average Bonchev–Trinajstić information content (AvgIpc) is 3.15. The summed E-state index contributed by atoms with van der Waals surface area (Å²) in [6.07, 6.45) is -2.67. The van der Waals surface area contributed by atoms with Crippen molar-refractivity contribution in [2.45, 2.75) is 19.0 Å². The van der Waals surface area contributed by atoms with Crippen molar-refractivity contribution in [2.75, 3.05) is 5.32 Å². The van der Waals surface area contributed by atoms with Crippen LogP contribution in [0.4, 0.5) is 24.7 Å². The number of benzene rings is 1. The number of nitrogens with one attached hydrogen (secondary N) is 2. The molecule has 0 fully saturated rings. The smallest absolute Gasteiger partial charge is 0.337 e. The third-order valence-electron chi connectivity index (χ3n) is 4.36. The monoisotopic (exact) mass is 360 g/mol. The van der Waals surface area contributed by atoms with Gasteiger partial charge in [-0.3, -0.25) is 14.8 Å². The lowest BCUT2D eigenvalue weighted by atomic mass is 10.0. The van der Waals surface area contributed by atoms with Crippen molar-refractivity contribution in [3.63, 3.8) is 0 Å². The molecule has 9 heteroatoms. The molecule has 3 aromatic heterocycles. The predicted molar refractivity (Wildman–Crippen MR) is 92.4 cm³/mol. The number of aromatic nitrogens is 5. The van der Waals surface area contributed by atoms with Gasteiger partial charge in [-0.1, -0.05) is 0 Å². The van der Waals surface area contributed by atoms with E-state index in [1.165, 1.54) is 4.68 Å². The Morgan fingerprint density at radius 2 is 2.04 bits per heavy atom. The molecule has 0 aliphatic carbocycles. The fourth-order valence-corrected chi connectivity index (χ4v) is 2.92. The molecule has 134 valence electrons. The summed E-state index contributed by atoms with van der Waals surface area (Å²) in [4.78, 5) is 4.27.